The van der Waals surface area contributed by atoms with Crippen LogP contribution in [0.1, 0.15) is 23.3 Å². The fourth-order valence-corrected chi connectivity index (χ4v) is 9.71. The Morgan fingerprint density at radius 3 is 2.55 bits per heavy atom. The molecule has 0 saturated carbocycles. The molecule has 0 radical (unpaired) electrons. The number of hydrogen-bond acceptors (Lipinski definition) is 10. The van der Waals surface area contributed by atoms with Crippen LogP contribution in [-0.4, -0.2) is 51.0 Å². The number of thiophene rings is 1. The van der Waals surface area contributed by atoms with Crippen molar-refractivity contribution >= 4 is 95.7 Å². The molecule has 49 heavy (non-hydrogen) atoms. The third-order valence-corrected chi connectivity index (χ3v) is 12.3. The summed E-state index contributed by atoms with van der Waals surface area (Å²) in [5, 5.41) is 7.68. The molecular formula is C35H30ClN5O4S4. The van der Waals surface area contributed by atoms with Crippen molar-refractivity contribution in [1.29, 1.82) is 0 Å². The number of halogens is 1. The van der Waals surface area contributed by atoms with Gasteiger partial charge in [0, 0.05) is 15.6 Å². The van der Waals surface area contributed by atoms with Gasteiger partial charge in [-0.3, -0.25) is 19.0 Å². The maximum atomic E-state index is 13.9. The highest BCUT2D eigenvalue weighted by Crippen LogP contribution is 2.35. The maximum Gasteiger partial charge on any atom is 0.267 e. The van der Waals surface area contributed by atoms with E-state index in [-0.39, 0.29) is 28.9 Å². The predicted molar refractivity (Wildman–Crippen MR) is 202 cm³/mol. The lowest BCUT2D eigenvalue weighted by Gasteiger charge is -2.13. The number of carbonyl (C=O) groups excluding carboxylic acids is 2. The average molecular weight is 748 g/mol. The van der Waals surface area contributed by atoms with Crippen LogP contribution >= 0.6 is 57.8 Å². The number of aromatic nitrogens is 3. The Bertz CT molecular complexity index is 2200. The highest BCUT2D eigenvalue weighted by atomic mass is 35.5. The van der Waals surface area contributed by atoms with Crippen LogP contribution in [0.15, 0.2) is 87.1 Å². The molecule has 3 heterocycles. The quantitative estimate of drug-likeness (QED) is 0.0748. The molecular weight excluding hydrogens is 718 g/mol. The van der Waals surface area contributed by atoms with Crippen molar-refractivity contribution in [3.05, 3.63) is 98.6 Å². The molecule has 2 N–H and O–H groups in total. The zero-order valence-electron chi connectivity index (χ0n) is 26.1. The largest absolute Gasteiger partial charge is 0.492 e. The van der Waals surface area contributed by atoms with Crippen molar-refractivity contribution < 1.29 is 14.3 Å². The normalized spacial score (nSPS) is 12.6. The third kappa shape index (κ3) is 7.97. The van der Waals surface area contributed by atoms with Gasteiger partial charge in [-0.1, -0.05) is 53.3 Å². The lowest BCUT2D eigenvalue weighted by atomic mass is 9.97. The molecule has 250 valence electrons. The number of amides is 2. The van der Waals surface area contributed by atoms with Crippen LogP contribution in [0, 0.1) is 0 Å². The summed E-state index contributed by atoms with van der Waals surface area (Å²) in [6.45, 7) is 0.731. The van der Waals surface area contributed by atoms with Gasteiger partial charge in [0.15, 0.2) is 9.50 Å². The summed E-state index contributed by atoms with van der Waals surface area (Å²) in [6.07, 6.45) is 4.09. The molecule has 0 fully saturated rings. The molecule has 0 aliphatic heterocycles. The predicted octanol–water partition coefficient (Wildman–Crippen LogP) is 7.61. The Morgan fingerprint density at radius 2 is 1.71 bits per heavy atom. The number of fused-ring (bicyclic) bond motifs is 4. The first-order valence-corrected chi connectivity index (χ1v) is 19.6. The van der Waals surface area contributed by atoms with Gasteiger partial charge in [-0.25, -0.2) is 9.97 Å². The van der Waals surface area contributed by atoms with Crippen LogP contribution in [0.25, 0.3) is 26.1 Å². The summed E-state index contributed by atoms with van der Waals surface area (Å²) >= 11 is 11.6. The molecule has 7 rings (SSSR count). The lowest BCUT2D eigenvalue weighted by Crippen LogP contribution is -2.29. The first kappa shape index (κ1) is 33.6. The molecule has 14 heteroatoms. The van der Waals surface area contributed by atoms with E-state index in [1.54, 1.807) is 40.2 Å². The number of nitrogens with zero attached hydrogens (tertiary/aromatic N) is 3. The highest BCUT2D eigenvalue weighted by Gasteiger charge is 2.23. The van der Waals surface area contributed by atoms with Gasteiger partial charge in [-0.05, 0) is 85.8 Å². The van der Waals surface area contributed by atoms with Gasteiger partial charge in [-0.2, -0.15) is 0 Å². The fraction of sp³-hybridized carbons (Fsp3) is 0.229. The van der Waals surface area contributed by atoms with E-state index >= 15 is 0 Å². The number of rotatable bonds is 12. The number of carbonyl (C=O) groups is 2. The zero-order valence-corrected chi connectivity index (χ0v) is 30.1. The summed E-state index contributed by atoms with van der Waals surface area (Å²) in [5.41, 5.74) is 3.22. The second-order valence-electron chi connectivity index (χ2n) is 11.2. The molecule has 0 unspecified atom stereocenters. The minimum atomic E-state index is -0.209. The first-order chi connectivity index (χ1) is 23.9. The molecule has 3 aromatic carbocycles. The molecule has 0 saturated heterocycles. The summed E-state index contributed by atoms with van der Waals surface area (Å²) in [6, 6.07) is 22.1. The third-order valence-electron chi connectivity index (χ3n) is 7.79. The van der Waals surface area contributed by atoms with Crippen molar-refractivity contribution in [2.75, 3.05) is 30.0 Å². The molecule has 0 spiro atoms. The Kier molecular flexibility index (Phi) is 10.5. The summed E-state index contributed by atoms with van der Waals surface area (Å²) < 4.78 is 8.91. The van der Waals surface area contributed by atoms with E-state index in [1.165, 1.54) is 39.7 Å². The van der Waals surface area contributed by atoms with Crippen LogP contribution in [0.5, 0.6) is 5.75 Å². The maximum absolute atomic E-state index is 13.9. The van der Waals surface area contributed by atoms with Gasteiger partial charge in [0.2, 0.25) is 11.8 Å². The van der Waals surface area contributed by atoms with E-state index in [1.807, 2.05) is 48.5 Å². The molecule has 0 atom stereocenters. The van der Waals surface area contributed by atoms with Gasteiger partial charge < -0.3 is 15.4 Å². The number of ether oxygens (including phenoxy) is 1. The number of thioether (sulfide) groups is 2. The van der Waals surface area contributed by atoms with E-state index in [9.17, 15) is 14.4 Å². The van der Waals surface area contributed by atoms with Gasteiger partial charge in [-0.15, -0.1) is 22.7 Å². The fourth-order valence-electron chi connectivity index (χ4n) is 5.53. The lowest BCUT2D eigenvalue weighted by molar-refractivity contribution is -0.118. The van der Waals surface area contributed by atoms with E-state index in [0.717, 1.165) is 56.3 Å². The Hall–Kier alpha value is -3.88. The monoisotopic (exact) mass is 747 g/mol. The number of para-hydroxylation sites is 1. The van der Waals surface area contributed by atoms with Crippen molar-refractivity contribution in [3.8, 4) is 11.4 Å². The van der Waals surface area contributed by atoms with Gasteiger partial charge in [0.1, 0.15) is 17.2 Å². The van der Waals surface area contributed by atoms with Crippen LogP contribution in [0.2, 0.25) is 5.02 Å². The van der Waals surface area contributed by atoms with Crippen LogP contribution in [0.4, 0.5) is 5.69 Å². The van der Waals surface area contributed by atoms with E-state index in [4.69, 9.17) is 21.3 Å². The van der Waals surface area contributed by atoms with Gasteiger partial charge in [0.05, 0.1) is 39.3 Å². The number of anilines is 1. The van der Waals surface area contributed by atoms with Crippen LogP contribution in [-0.2, 0) is 22.4 Å². The minimum absolute atomic E-state index is 0.0801. The molecule has 0 bridgehead atoms. The molecule has 1 aliphatic carbocycles. The zero-order chi connectivity index (χ0) is 33.7. The number of nitrogens with one attached hydrogen (secondary N) is 2. The van der Waals surface area contributed by atoms with E-state index < -0.39 is 0 Å². The number of thiazole rings is 1. The SMILES string of the molecule is O=C(CSc1nc2ccc(NC(=O)CSc3nc4sc5c(c4c(=O)n3-c3ccccc3)CCCC5)cc2s1)NCCOc1ccc(Cl)cc1. The van der Waals surface area contributed by atoms with Crippen molar-refractivity contribution in [2.45, 2.75) is 35.2 Å². The number of benzene rings is 3. The Morgan fingerprint density at radius 1 is 0.918 bits per heavy atom. The van der Waals surface area contributed by atoms with Crippen molar-refractivity contribution in [1.82, 2.24) is 19.9 Å². The Labute approximate surface area is 303 Å². The van der Waals surface area contributed by atoms with Gasteiger partial charge in [0.25, 0.3) is 5.56 Å². The molecule has 2 amide bonds. The highest BCUT2D eigenvalue weighted by molar-refractivity contribution is 8.01. The summed E-state index contributed by atoms with van der Waals surface area (Å²) in [7, 11) is 0. The van der Waals surface area contributed by atoms with Gasteiger partial charge >= 0.3 is 0 Å². The average Bonchev–Trinajstić information content (AvgIpc) is 3.70. The summed E-state index contributed by atoms with van der Waals surface area (Å²) in [5.74, 6) is 0.678. The molecule has 6 aromatic rings. The Balaban J connectivity index is 0.962. The minimum Gasteiger partial charge on any atom is -0.492 e. The molecule has 1 aliphatic rings. The number of aryl methyl sites for hydroxylation is 2. The topological polar surface area (TPSA) is 115 Å². The smallest absolute Gasteiger partial charge is 0.267 e. The second kappa shape index (κ2) is 15.3. The first-order valence-electron chi connectivity index (χ1n) is 15.6. The summed E-state index contributed by atoms with van der Waals surface area (Å²) in [4.78, 5) is 51.0. The van der Waals surface area contributed by atoms with E-state index in [0.29, 0.717) is 40.2 Å². The van der Waals surface area contributed by atoms with E-state index in [2.05, 4.69) is 15.6 Å². The second-order valence-corrected chi connectivity index (χ2v) is 15.9. The standard InChI is InChI=1S/C35H30ClN5O4S4/c36-21-10-13-24(14-11-21)45-17-16-37-29(42)19-47-35-39-26-15-12-22(18-28(26)49-35)38-30(43)20-46-34-40-32-31(25-8-4-5-9-27(25)48-32)33(44)41(34)23-6-2-1-3-7-23/h1-3,6-7,10-15,18H,4-5,8-9,16-17,19-20H2,(H,37,42)(H,38,43). The van der Waals surface area contributed by atoms with Crippen molar-refractivity contribution in [3.63, 3.8) is 0 Å². The van der Waals surface area contributed by atoms with Crippen molar-refractivity contribution in [2.24, 2.45) is 0 Å². The van der Waals surface area contributed by atoms with Crippen LogP contribution < -0.4 is 20.9 Å². The molecule has 3 aromatic heterocycles. The van der Waals surface area contributed by atoms with Crippen LogP contribution in [0.3, 0.4) is 0 Å². The molecule has 9 nitrogen and oxygen atoms in total. The number of hydrogen-bond donors (Lipinski definition) is 2.